The number of unbranched alkanes of at least 4 members (excludes halogenated alkanes) is 9. The molecule has 0 aromatic heterocycles. The smallest absolute Gasteiger partial charge is 0.170 e. The average molecular weight is 363 g/mol. The minimum absolute atomic E-state index is 0.116. The topological polar surface area (TPSA) is 77.8 Å². The largest absolute Gasteiger partial charge is 0.508 e. The zero-order valence-electron chi connectivity index (χ0n) is 16.0. The number of carbonyl (C=O) groups excluding carboxylic acids is 1. The summed E-state index contributed by atoms with van der Waals surface area (Å²) < 4.78 is 0. The van der Waals surface area contributed by atoms with Gasteiger partial charge in [0.05, 0.1) is 0 Å². The summed E-state index contributed by atoms with van der Waals surface area (Å²) in [7, 11) is 0. The van der Waals surface area contributed by atoms with Gasteiger partial charge in [0.2, 0.25) is 0 Å². The first-order valence-electron chi connectivity index (χ1n) is 9.99. The highest BCUT2D eigenvalue weighted by molar-refractivity contribution is 6.01. The van der Waals surface area contributed by atoms with E-state index in [1.165, 1.54) is 57.8 Å². The van der Waals surface area contributed by atoms with Gasteiger partial charge in [-0.3, -0.25) is 4.79 Å². The van der Waals surface area contributed by atoms with E-state index in [2.05, 4.69) is 13.0 Å². The van der Waals surface area contributed by atoms with Crippen molar-refractivity contribution < 1.29 is 20.1 Å². The first kappa shape index (κ1) is 22.1. The van der Waals surface area contributed by atoms with E-state index < -0.39 is 0 Å². The molecule has 4 heteroatoms. The summed E-state index contributed by atoms with van der Waals surface area (Å²) in [4.78, 5) is 12.1. The summed E-state index contributed by atoms with van der Waals surface area (Å²) in [5, 5.41) is 28.6. The van der Waals surface area contributed by atoms with Gasteiger partial charge in [-0.05, 0) is 19.3 Å². The molecule has 0 saturated heterocycles. The van der Waals surface area contributed by atoms with E-state index in [4.69, 9.17) is 0 Å². The van der Waals surface area contributed by atoms with Crippen LogP contribution in [0.3, 0.4) is 0 Å². The second-order valence-electron chi connectivity index (χ2n) is 6.91. The molecule has 146 valence electrons. The van der Waals surface area contributed by atoms with Crippen LogP contribution in [0.25, 0.3) is 0 Å². The van der Waals surface area contributed by atoms with Crippen LogP contribution in [0.4, 0.5) is 0 Å². The van der Waals surface area contributed by atoms with E-state index in [1.807, 2.05) is 6.08 Å². The predicted octanol–water partition coefficient (Wildman–Crippen LogP) is 6.24. The summed E-state index contributed by atoms with van der Waals surface area (Å²) >= 11 is 0. The molecule has 0 bridgehead atoms. The quantitative estimate of drug-likeness (QED) is 0.208. The molecule has 3 N–H and O–H groups in total. The van der Waals surface area contributed by atoms with Gasteiger partial charge in [-0.25, -0.2) is 0 Å². The van der Waals surface area contributed by atoms with Crippen LogP contribution in [0.15, 0.2) is 24.3 Å². The van der Waals surface area contributed by atoms with Crippen LogP contribution in [0.2, 0.25) is 0 Å². The van der Waals surface area contributed by atoms with Gasteiger partial charge in [0.1, 0.15) is 22.8 Å². The third-order valence-corrected chi connectivity index (χ3v) is 4.54. The van der Waals surface area contributed by atoms with Gasteiger partial charge < -0.3 is 15.3 Å². The molecule has 0 aliphatic carbocycles. The van der Waals surface area contributed by atoms with Crippen molar-refractivity contribution in [2.45, 2.75) is 84.0 Å². The zero-order chi connectivity index (χ0) is 19.2. The zero-order valence-corrected chi connectivity index (χ0v) is 16.0. The van der Waals surface area contributed by atoms with Gasteiger partial charge in [0, 0.05) is 18.6 Å². The Balaban J connectivity index is 2.10. The molecule has 0 radical (unpaired) electrons. The number of carbonyl (C=O) groups is 1. The predicted molar refractivity (Wildman–Crippen MR) is 106 cm³/mol. The second-order valence-corrected chi connectivity index (χ2v) is 6.91. The van der Waals surface area contributed by atoms with Crippen LogP contribution in [0, 0.1) is 0 Å². The Hall–Kier alpha value is -1.97. The Labute approximate surface area is 157 Å². The maximum absolute atomic E-state index is 12.1. The molecule has 0 aliphatic heterocycles. The van der Waals surface area contributed by atoms with Crippen molar-refractivity contribution in [3.8, 4) is 17.2 Å². The molecule has 0 unspecified atom stereocenters. The highest BCUT2D eigenvalue weighted by Gasteiger charge is 2.16. The number of benzene rings is 1. The van der Waals surface area contributed by atoms with Crippen molar-refractivity contribution in [3.05, 3.63) is 29.8 Å². The number of phenols is 3. The highest BCUT2D eigenvalue weighted by atomic mass is 16.3. The number of ketones is 1. The van der Waals surface area contributed by atoms with Gasteiger partial charge >= 0.3 is 0 Å². The minimum atomic E-state index is -0.383. The standard InChI is InChI=1S/C22H34O4/c1-2-3-4-5-6-7-8-9-10-11-12-13-14-15-19(24)22-20(25)16-18(23)17-21(22)26/h12-13,16-17,23,25-26H,2-11,14-15H2,1H3/b13-12-. The van der Waals surface area contributed by atoms with Crippen LogP contribution in [0.1, 0.15) is 94.3 Å². The monoisotopic (exact) mass is 362 g/mol. The third-order valence-electron chi connectivity index (χ3n) is 4.54. The van der Waals surface area contributed by atoms with E-state index in [9.17, 15) is 20.1 Å². The number of hydrogen-bond donors (Lipinski definition) is 3. The number of allylic oxidation sites excluding steroid dienone is 2. The molecule has 1 aromatic rings. The molecule has 26 heavy (non-hydrogen) atoms. The lowest BCUT2D eigenvalue weighted by Crippen LogP contribution is -1.99. The molecule has 0 spiro atoms. The fourth-order valence-electron chi connectivity index (χ4n) is 3.03. The SMILES string of the molecule is CCCCCCCCCCC/C=C\CCC(=O)c1c(O)cc(O)cc1O. The minimum Gasteiger partial charge on any atom is -0.508 e. The van der Waals surface area contributed by atoms with Crippen LogP contribution in [-0.2, 0) is 0 Å². The van der Waals surface area contributed by atoms with Crippen LogP contribution < -0.4 is 0 Å². The molecular weight excluding hydrogens is 328 g/mol. The molecule has 0 heterocycles. The fourth-order valence-corrected chi connectivity index (χ4v) is 3.03. The van der Waals surface area contributed by atoms with Gasteiger partial charge in [-0.15, -0.1) is 0 Å². The van der Waals surface area contributed by atoms with Crippen molar-refractivity contribution >= 4 is 5.78 Å². The molecule has 1 aromatic carbocycles. The van der Waals surface area contributed by atoms with E-state index >= 15 is 0 Å². The van der Waals surface area contributed by atoms with Crippen LogP contribution in [-0.4, -0.2) is 21.1 Å². The molecule has 0 amide bonds. The maximum atomic E-state index is 12.1. The van der Waals surface area contributed by atoms with Gasteiger partial charge in [-0.2, -0.15) is 0 Å². The van der Waals surface area contributed by atoms with E-state index in [0.29, 0.717) is 6.42 Å². The Morgan fingerprint density at radius 2 is 1.31 bits per heavy atom. The Kier molecular flexibility index (Phi) is 11.3. The van der Waals surface area contributed by atoms with Gasteiger partial charge in [0.25, 0.3) is 0 Å². The number of Topliss-reactive ketones (excluding diaryl/α,β-unsaturated/α-hetero) is 1. The van der Waals surface area contributed by atoms with E-state index in [0.717, 1.165) is 18.6 Å². The molecular formula is C22H34O4. The van der Waals surface area contributed by atoms with Crippen molar-refractivity contribution in [3.63, 3.8) is 0 Å². The lowest BCUT2D eigenvalue weighted by atomic mass is 10.0. The van der Waals surface area contributed by atoms with Gasteiger partial charge in [-0.1, -0.05) is 70.4 Å². The normalized spacial score (nSPS) is 11.3. The van der Waals surface area contributed by atoms with Crippen molar-refractivity contribution in [1.82, 2.24) is 0 Å². The van der Waals surface area contributed by atoms with E-state index in [-0.39, 0.29) is 35.0 Å². The summed E-state index contributed by atoms with van der Waals surface area (Å²) in [5.74, 6) is -1.36. The highest BCUT2D eigenvalue weighted by Crippen LogP contribution is 2.33. The Bertz CT molecular complexity index is 540. The number of hydrogen-bond acceptors (Lipinski definition) is 4. The Morgan fingerprint density at radius 3 is 1.88 bits per heavy atom. The molecule has 0 fully saturated rings. The van der Waals surface area contributed by atoms with Crippen molar-refractivity contribution in [1.29, 1.82) is 0 Å². The molecule has 0 atom stereocenters. The van der Waals surface area contributed by atoms with Crippen LogP contribution >= 0.6 is 0 Å². The lowest BCUT2D eigenvalue weighted by Gasteiger charge is -2.06. The molecule has 0 saturated carbocycles. The summed E-state index contributed by atoms with van der Waals surface area (Å²) in [5.41, 5.74) is -0.116. The van der Waals surface area contributed by atoms with Gasteiger partial charge in [0.15, 0.2) is 5.78 Å². The van der Waals surface area contributed by atoms with Crippen LogP contribution in [0.5, 0.6) is 17.2 Å². The van der Waals surface area contributed by atoms with E-state index in [1.54, 1.807) is 0 Å². The average Bonchev–Trinajstić information content (AvgIpc) is 2.58. The third kappa shape index (κ3) is 8.93. The Morgan fingerprint density at radius 1 is 0.808 bits per heavy atom. The fraction of sp³-hybridized carbons (Fsp3) is 0.591. The summed E-state index contributed by atoms with van der Waals surface area (Å²) in [6.07, 6.45) is 17.7. The maximum Gasteiger partial charge on any atom is 0.170 e. The number of phenolic OH excluding ortho intramolecular Hbond substituents is 3. The summed E-state index contributed by atoms with van der Waals surface area (Å²) in [6, 6.07) is 2.12. The summed E-state index contributed by atoms with van der Waals surface area (Å²) in [6.45, 7) is 2.24. The van der Waals surface area contributed by atoms with Crippen molar-refractivity contribution in [2.24, 2.45) is 0 Å². The second kappa shape index (κ2) is 13.3. The first-order valence-corrected chi connectivity index (χ1v) is 9.99. The molecule has 4 nitrogen and oxygen atoms in total. The number of aromatic hydroxyl groups is 3. The molecule has 1 rings (SSSR count). The van der Waals surface area contributed by atoms with Crippen molar-refractivity contribution in [2.75, 3.05) is 0 Å². The molecule has 0 aliphatic rings. The number of rotatable bonds is 14. The first-order chi connectivity index (χ1) is 12.6. The lowest BCUT2D eigenvalue weighted by molar-refractivity contribution is 0.0978.